The minimum absolute atomic E-state index is 0.0971. The molecule has 2 aromatic rings. The van der Waals surface area contributed by atoms with Crippen molar-refractivity contribution in [3.8, 4) is 11.1 Å². The number of Topliss-reactive ketones (excluding diaryl/α,β-unsaturated/α-hetero) is 1. The van der Waals surface area contributed by atoms with Gasteiger partial charge >= 0.3 is 11.9 Å². The smallest absolute Gasteiger partial charge is 0.306 e. The Hall–Kier alpha value is -2.37. The molecule has 0 unspecified atom stereocenters. The van der Waals surface area contributed by atoms with Crippen LogP contribution < -0.4 is 0 Å². The number of carboxylic acid groups (broad SMARTS) is 1. The molecule has 1 N–H and O–H groups in total. The maximum Gasteiger partial charge on any atom is 0.306 e. The molecule has 1 saturated carbocycles. The van der Waals surface area contributed by atoms with Crippen LogP contribution >= 0.6 is 23.2 Å². The van der Waals surface area contributed by atoms with Crippen LogP contribution in [0.3, 0.4) is 0 Å². The van der Waals surface area contributed by atoms with Crippen LogP contribution in [0.1, 0.15) is 48.9 Å². The summed E-state index contributed by atoms with van der Waals surface area (Å²) >= 11 is 12.2. The summed E-state index contributed by atoms with van der Waals surface area (Å²) < 4.78 is 5.06. The number of ketones is 1. The number of carboxylic acids is 1. The van der Waals surface area contributed by atoms with Gasteiger partial charge in [-0.2, -0.15) is 0 Å². The summed E-state index contributed by atoms with van der Waals surface area (Å²) in [6.07, 6.45) is 2.84. The average molecular weight is 463 g/mol. The molecule has 3 rings (SSSR count). The summed E-state index contributed by atoms with van der Waals surface area (Å²) in [4.78, 5) is 34.4. The predicted octanol–water partition coefficient (Wildman–Crippen LogP) is 6.06. The van der Waals surface area contributed by atoms with Gasteiger partial charge in [0, 0.05) is 27.6 Å². The number of aliphatic carboxylic acids is 1. The van der Waals surface area contributed by atoms with Crippen LogP contribution in [0.2, 0.25) is 10.0 Å². The minimum atomic E-state index is -1.01. The number of halogens is 2. The standard InChI is InChI=1S/C24H24Cl2O5/c25-19-5-6-20(21(26)14-19)17-1-3-18(4-2-17)22(27)13-16-11-15(12-16)9-10-31-24(30)8-7-23(28)29/h1-6,14-16H,7-13H2,(H,28,29). The SMILES string of the molecule is O=C(O)CCC(=O)OCCC1CC(CC(=O)c2ccc(-c3ccc(Cl)cc3Cl)cc2)C1. The van der Waals surface area contributed by atoms with Gasteiger partial charge in [-0.25, -0.2) is 0 Å². The predicted molar refractivity (Wildman–Crippen MR) is 120 cm³/mol. The highest BCUT2D eigenvalue weighted by molar-refractivity contribution is 6.36. The number of hydrogen-bond acceptors (Lipinski definition) is 4. The third kappa shape index (κ3) is 6.81. The molecule has 0 bridgehead atoms. The number of hydrogen-bond donors (Lipinski definition) is 1. The molecule has 0 aromatic heterocycles. The molecule has 0 heterocycles. The van der Waals surface area contributed by atoms with E-state index >= 15 is 0 Å². The zero-order valence-electron chi connectivity index (χ0n) is 17.0. The van der Waals surface area contributed by atoms with E-state index in [1.807, 2.05) is 30.3 Å². The molecular weight excluding hydrogens is 439 g/mol. The van der Waals surface area contributed by atoms with Crippen molar-refractivity contribution in [3.05, 3.63) is 58.1 Å². The first-order chi connectivity index (χ1) is 14.8. The molecule has 1 aliphatic carbocycles. The highest BCUT2D eigenvalue weighted by Crippen LogP contribution is 2.39. The van der Waals surface area contributed by atoms with Gasteiger partial charge in [0.15, 0.2) is 5.78 Å². The van der Waals surface area contributed by atoms with Crippen LogP contribution in [-0.2, 0) is 14.3 Å². The monoisotopic (exact) mass is 462 g/mol. The molecule has 1 aliphatic rings. The summed E-state index contributed by atoms with van der Waals surface area (Å²) in [5, 5.41) is 9.70. The molecule has 0 amide bonds. The van der Waals surface area contributed by atoms with Crippen LogP contribution in [0.25, 0.3) is 11.1 Å². The van der Waals surface area contributed by atoms with Crippen molar-refractivity contribution in [2.24, 2.45) is 11.8 Å². The quantitative estimate of drug-likeness (QED) is 0.342. The second-order valence-electron chi connectivity index (χ2n) is 7.94. The Labute approximate surface area is 191 Å². The highest BCUT2D eigenvalue weighted by atomic mass is 35.5. The maximum atomic E-state index is 12.6. The van der Waals surface area contributed by atoms with Crippen molar-refractivity contribution in [1.29, 1.82) is 0 Å². The lowest BCUT2D eigenvalue weighted by Crippen LogP contribution is -2.27. The second kappa shape index (κ2) is 10.8. The summed E-state index contributed by atoms with van der Waals surface area (Å²) in [5.74, 6) is -0.564. The van der Waals surface area contributed by atoms with E-state index in [2.05, 4.69) is 0 Å². The average Bonchev–Trinajstić information content (AvgIpc) is 2.70. The first-order valence-electron chi connectivity index (χ1n) is 10.3. The van der Waals surface area contributed by atoms with E-state index in [-0.39, 0.29) is 18.6 Å². The highest BCUT2D eigenvalue weighted by Gasteiger charge is 2.30. The van der Waals surface area contributed by atoms with Crippen molar-refractivity contribution in [1.82, 2.24) is 0 Å². The van der Waals surface area contributed by atoms with E-state index in [1.165, 1.54) is 0 Å². The summed E-state index contributed by atoms with van der Waals surface area (Å²) in [7, 11) is 0. The number of benzene rings is 2. The van der Waals surface area contributed by atoms with Gasteiger partial charge in [0.25, 0.3) is 0 Å². The molecule has 0 spiro atoms. The summed E-state index contributed by atoms with van der Waals surface area (Å²) in [6.45, 7) is 0.304. The van der Waals surface area contributed by atoms with Gasteiger partial charge < -0.3 is 9.84 Å². The lowest BCUT2D eigenvalue weighted by Gasteiger charge is -2.35. The molecule has 2 aromatic carbocycles. The van der Waals surface area contributed by atoms with Crippen LogP contribution in [0.4, 0.5) is 0 Å². The van der Waals surface area contributed by atoms with Crippen molar-refractivity contribution in [2.75, 3.05) is 6.61 Å². The lowest BCUT2D eigenvalue weighted by atomic mass is 9.71. The Kier molecular flexibility index (Phi) is 8.10. The third-order valence-electron chi connectivity index (χ3n) is 5.59. The Bertz CT molecular complexity index is 949. The molecule has 0 atom stereocenters. The summed E-state index contributed by atoms with van der Waals surface area (Å²) in [6, 6.07) is 12.8. The molecular formula is C24H24Cl2O5. The summed E-state index contributed by atoms with van der Waals surface area (Å²) in [5.41, 5.74) is 2.49. The number of carbonyl (C=O) groups is 3. The van der Waals surface area contributed by atoms with E-state index in [0.29, 0.717) is 40.5 Å². The molecule has 1 fully saturated rings. The molecule has 5 nitrogen and oxygen atoms in total. The first-order valence-corrected chi connectivity index (χ1v) is 11.0. The van der Waals surface area contributed by atoms with Crippen LogP contribution in [-0.4, -0.2) is 29.4 Å². The van der Waals surface area contributed by atoms with E-state index in [1.54, 1.807) is 12.1 Å². The van der Waals surface area contributed by atoms with Gasteiger partial charge in [-0.15, -0.1) is 0 Å². The van der Waals surface area contributed by atoms with E-state index in [0.717, 1.165) is 30.4 Å². The Morgan fingerprint density at radius 1 is 0.968 bits per heavy atom. The van der Waals surface area contributed by atoms with Gasteiger partial charge in [-0.05, 0) is 48.8 Å². The molecule has 0 radical (unpaired) electrons. The Morgan fingerprint density at radius 3 is 2.32 bits per heavy atom. The van der Waals surface area contributed by atoms with Gasteiger partial charge in [0.2, 0.25) is 0 Å². The zero-order chi connectivity index (χ0) is 22.4. The van der Waals surface area contributed by atoms with Gasteiger partial charge in [0.1, 0.15) is 0 Å². The van der Waals surface area contributed by atoms with Crippen LogP contribution in [0.5, 0.6) is 0 Å². The zero-order valence-corrected chi connectivity index (χ0v) is 18.5. The Balaban J connectivity index is 1.40. The minimum Gasteiger partial charge on any atom is -0.481 e. The van der Waals surface area contributed by atoms with Crippen molar-refractivity contribution < 1.29 is 24.2 Å². The van der Waals surface area contributed by atoms with E-state index in [4.69, 9.17) is 33.0 Å². The molecule has 0 saturated heterocycles. The number of ether oxygens (including phenoxy) is 1. The largest absolute Gasteiger partial charge is 0.481 e. The number of carbonyl (C=O) groups excluding carboxylic acids is 2. The van der Waals surface area contributed by atoms with Crippen molar-refractivity contribution >= 4 is 40.9 Å². The van der Waals surface area contributed by atoms with Crippen molar-refractivity contribution in [2.45, 2.75) is 38.5 Å². The van der Waals surface area contributed by atoms with Gasteiger partial charge in [-0.1, -0.05) is 53.5 Å². The fourth-order valence-electron chi connectivity index (χ4n) is 3.84. The molecule has 7 heteroatoms. The van der Waals surface area contributed by atoms with E-state index in [9.17, 15) is 14.4 Å². The third-order valence-corrected chi connectivity index (χ3v) is 6.14. The second-order valence-corrected chi connectivity index (χ2v) is 8.78. The van der Waals surface area contributed by atoms with Gasteiger partial charge in [0.05, 0.1) is 19.4 Å². The lowest BCUT2D eigenvalue weighted by molar-refractivity contribution is -0.148. The van der Waals surface area contributed by atoms with E-state index < -0.39 is 11.9 Å². The van der Waals surface area contributed by atoms with Crippen LogP contribution in [0, 0.1) is 11.8 Å². The first kappa shape index (κ1) is 23.3. The fraction of sp³-hybridized carbons (Fsp3) is 0.375. The topological polar surface area (TPSA) is 80.7 Å². The van der Waals surface area contributed by atoms with Crippen LogP contribution in [0.15, 0.2) is 42.5 Å². The molecule has 164 valence electrons. The Morgan fingerprint density at radius 2 is 1.68 bits per heavy atom. The maximum absolute atomic E-state index is 12.6. The normalized spacial score (nSPS) is 17.6. The van der Waals surface area contributed by atoms with Crippen molar-refractivity contribution in [3.63, 3.8) is 0 Å². The molecule has 0 aliphatic heterocycles. The molecule has 31 heavy (non-hydrogen) atoms. The number of esters is 1. The fourth-order valence-corrected chi connectivity index (χ4v) is 4.35. The number of rotatable bonds is 10. The van der Waals surface area contributed by atoms with Gasteiger partial charge in [-0.3, -0.25) is 14.4 Å².